The van der Waals surface area contributed by atoms with Crippen LogP contribution in [0.2, 0.25) is 0 Å². The van der Waals surface area contributed by atoms with E-state index in [0.717, 1.165) is 25.5 Å². The predicted octanol–water partition coefficient (Wildman–Crippen LogP) is 3.49. The number of piperidine rings is 1. The van der Waals surface area contributed by atoms with Gasteiger partial charge in [-0.3, -0.25) is 4.79 Å². The van der Waals surface area contributed by atoms with Gasteiger partial charge in [-0.15, -0.1) is 12.4 Å². The summed E-state index contributed by atoms with van der Waals surface area (Å²) in [6.45, 7) is 2.97. The first-order chi connectivity index (χ1) is 10.8. The second-order valence-corrected chi connectivity index (χ2v) is 6.66. The Labute approximate surface area is 145 Å². The minimum Gasteiger partial charge on any atom is -0.353 e. The Bertz CT molecular complexity index is 593. The molecule has 4 atom stereocenters. The van der Waals surface area contributed by atoms with Gasteiger partial charge in [-0.05, 0) is 50.3 Å². The Balaban J connectivity index is 0.00000208. The number of benzene rings is 1. The molecule has 1 heterocycles. The fraction of sp³-hybridized carbons (Fsp3) is 0.588. The molecule has 3 rings (SSSR count). The summed E-state index contributed by atoms with van der Waals surface area (Å²) in [4.78, 5) is 12.3. The van der Waals surface area contributed by atoms with Gasteiger partial charge in [0.15, 0.2) is 0 Å². The zero-order valence-electron chi connectivity index (χ0n) is 13.4. The summed E-state index contributed by atoms with van der Waals surface area (Å²) in [7, 11) is 0. The molecule has 24 heavy (non-hydrogen) atoms. The second-order valence-electron chi connectivity index (χ2n) is 6.66. The van der Waals surface area contributed by atoms with Crippen molar-refractivity contribution in [3.05, 3.63) is 35.4 Å². The molecule has 1 aliphatic carbocycles. The number of amides is 1. The number of halogens is 4. The minimum atomic E-state index is -4.34. The van der Waals surface area contributed by atoms with Crippen LogP contribution in [0.5, 0.6) is 0 Å². The van der Waals surface area contributed by atoms with Gasteiger partial charge in [0.2, 0.25) is 5.91 Å². The van der Waals surface area contributed by atoms with Crippen molar-refractivity contribution < 1.29 is 18.0 Å². The number of alkyl halides is 3. The van der Waals surface area contributed by atoms with Crippen LogP contribution in [0.15, 0.2) is 24.3 Å². The number of hydrogen-bond donors (Lipinski definition) is 2. The molecule has 0 radical (unpaired) electrons. The number of rotatable bonds is 3. The molecular formula is C17H22ClF3N2O. The average Bonchev–Trinajstić information content (AvgIpc) is 3.27. The maximum Gasteiger partial charge on any atom is 0.416 e. The van der Waals surface area contributed by atoms with Gasteiger partial charge >= 0.3 is 6.18 Å². The second kappa shape index (κ2) is 7.31. The number of carbonyl (C=O) groups excluding carboxylic acids is 1. The molecule has 0 spiro atoms. The van der Waals surface area contributed by atoms with Gasteiger partial charge in [-0.25, -0.2) is 0 Å². The van der Waals surface area contributed by atoms with Gasteiger partial charge in [-0.1, -0.05) is 18.2 Å². The fourth-order valence-corrected chi connectivity index (χ4v) is 3.37. The van der Waals surface area contributed by atoms with Crippen molar-refractivity contribution in [3.63, 3.8) is 0 Å². The molecule has 0 aromatic heterocycles. The number of nitrogens with one attached hydrogen (secondary N) is 2. The van der Waals surface area contributed by atoms with Crippen LogP contribution in [0.25, 0.3) is 0 Å². The first kappa shape index (κ1) is 19.1. The highest BCUT2D eigenvalue weighted by molar-refractivity contribution is 5.85. The maximum atomic E-state index is 12.8. The van der Waals surface area contributed by atoms with Crippen molar-refractivity contribution in [1.29, 1.82) is 0 Å². The lowest BCUT2D eigenvalue weighted by molar-refractivity contribution is -0.137. The quantitative estimate of drug-likeness (QED) is 0.864. The molecule has 1 aromatic carbocycles. The summed E-state index contributed by atoms with van der Waals surface area (Å²) >= 11 is 0. The number of hydrogen-bond acceptors (Lipinski definition) is 2. The maximum absolute atomic E-state index is 12.8. The van der Waals surface area contributed by atoms with Crippen LogP contribution in [-0.2, 0) is 11.0 Å². The Morgan fingerprint density at radius 3 is 2.71 bits per heavy atom. The van der Waals surface area contributed by atoms with E-state index in [1.165, 1.54) is 12.1 Å². The summed E-state index contributed by atoms with van der Waals surface area (Å²) in [6.07, 6.45) is -1.91. The van der Waals surface area contributed by atoms with Crippen LogP contribution >= 0.6 is 12.4 Å². The lowest BCUT2D eigenvalue weighted by Crippen LogP contribution is -2.47. The summed E-state index contributed by atoms with van der Waals surface area (Å²) in [5, 5.41) is 6.38. The van der Waals surface area contributed by atoms with E-state index in [1.54, 1.807) is 6.07 Å². The molecule has 134 valence electrons. The summed E-state index contributed by atoms with van der Waals surface area (Å²) in [5.41, 5.74) is -0.0353. The van der Waals surface area contributed by atoms with Crippen molar-refractivity contribution in [2.45, 2.75) is 50.4 Å². The third kappa shape index (κ3) is 4.42. The van der Waals surface area contributed by atoms with Crippen molar-refractivity contribution in [3.8, 4) is 0 Å². The van der Waals surface area contributed by atoms with E-state index in [9.17, 15) is 18.0 Å². The van der Waals surface area contributed by atoms with Crippen LogP contribution in [-0.4, -0.2) is 24.5 Å². The van der Waals surface area contributed by atoms with E-state index in [0.29, 0.717) is 18.0 Å². The highest BCUT2D eigenvalue weighted by Crippen LogP contribution is 2.48. The number of carbonyl (C=O) groups is 1. The lowest BCUT2D eigenvalue weighted by Gasteiger charge is -2.28. The molecule has 2 N–H and O–H groups in total. The van der Waals surface area contributed by atoms with Crippen molar-refractivity contribution in [2.75, 3.05) is 6.54 Å². The highest BCUT2D eigenvalue weighted by atomic mass is 35.5. The normalized spacial score (nSPS) is 29.5. The SMILES string of the molecule is CC1CC(NC(=O)C2CC2c2cccc(C(F)(F)F)c2)CCN1.Cl. The van der Waals surface area contributed by atoms with E-state index in [-0.39, 0.29) is 36.2 Å². The van der Waals surface area contributed by atoms with Gasteiger partial charge in [0.25, 0.3) is 0 Å². The monoisotopic (exact) mass is 362 g/mol. The Hall–Kier alpha value is -1.27. The van der Waals surface area contributed by atoms with E-state index in [4.69, 9.17) is 0 Å². The molecule has 1 aromatic rings. The van der Waals surface area contributed by atoms with Crippen LogP contribution in [0.3, 0.4) is 0 Å². The zero-order chi connectivity index (χ0) is 16.6. The first-order valence-electron chi connectivity index (χ1n) is 8.05. The molecule has 2 aliphatic rings. The molecular weight excluding hydrogens is 341 g/mol. The largest absolute Gasteiger partial charge is 0.416 e. The van der Waals surface area contributed by atoms with E-state index in [1.807, 2.05) is 0 Å². The molecule has 1 aliphatic heterocycles. The average molecular weight is 363 g/mol. The third-order valence-corrected chi connectivity index (χ3v) is 4.74. The fourth-order valence-electron chi connectivity index (χ4n) is 3.37. The molecule has 2 fully saturated rings. The predicted molar refractivity (Wildman–Crippen MR) is 88.2 cm³/mol. The smallest absolute Gasteiger partial charge is 0.353 e. The zero-order valence-corrected chi connectivity index (χ0v) is 14.2. The Morgan fingerprint density at radius 2 is 2.04 bits per heavy atom. The van der Waals surface area contributed by atoms with Gasteiger partial charge in [-0.2, -0.15) is 13.2 Å². The summed E-state index contributed by atoms with van der Waals surface area (Å²) in [6, 6.07) is 5.88. The van der Waals surface area contributed by atoms with Crippen LogP contribution in [0, 0.1) is 5.92 Å². The van der Waals surface area contributed by atoms with E-state index >= 15 is 0 Å². The van der Waals surface area contributed by atoms with Crippen LogP contribution in [0.1, 0.15) is 43.2 Å². The minimum absolute atomic E-state index is 0. The van der Waals surface area contributed by atoms with Crippen LogP contribution in [0.4, 0.5) is 13.2 Å². The molecule has 1 saturated carbocycles. The molecule has 0 bridgehead atoms. The lowest BCUT2D eigenvalue weighted by atomic mass is 10.00. The van der Waals surface area contributed by atoms with Crippen molar-refractivity contribution in [2.24, 2.45) is 5.92 Å². The molecule has 1 saturated heterocycles. The van der Waals surface area contributed by atoms with Gasteiger partial charge < -0.3 is 10.6 Å². The Morgan fingerprint density at radius 1 is 1.29 bits per heavy atom. The molecule has 3 nitrogen and oxygen atoms in total. The highest BCUT2D eigenvalue weighted by Gasteiger charge is 2.45. The topological polar surface area (TPSA) is 41.1 Å². The van der Waals surface area contributed by atoms with E-state index in [2.05, 4.69) is 17.6 Å². The van der Waals surface area contributed by atoms with Gasteiger partial charge in [0, 0.05) is 18.0 Å². The molecule has 1 amide bonds. The van der Waals surface area contributed by atoms with Gasteiger partial charge in [0.1, 0.15) is 0 Å². The summed E-state index contributed by atoms with van der Waals surface area (Å²) < 4.78 is 38.3. The summed E-state index contributed by atoms with van der Waals surface area (Å²) in [5.74, 6) is -0.299. The first-order valence-corrected chi connectivity index (χ1v) is 8.05. The molecule has 7 heteroatoms. The van der Waals surface area contributed by atoms with Crippen molar-refractivity contribution >= 4 is 18.3 Å². The van der Waals surface area contributed by atoms with E-state index < -0.39 is 11.7 Å². The van der Waals surface area contributed by atoms with Crippen molar-refractivity contribution in [1.82, 2.24) is 10.6 Å². The van der Waals surface area contributed by atoms with Crippen LogP contribution < -0.4 is 10.6 Å². The van der Waals surface area contributed by atoms with Gasteiger partial charge in [0.05, 0.1) is 5.56 Å². The molecule has 4 unspecified atom stereocenters. The Kier molecular flexibility index (Phi) is 5.81. The standard InChI is InChI=1S/C17H21F3N2O.ClH/c1-10-7-13(5-6-21-10)22-16(23)15-9-14(15)11-3-2-4-12(8-11)17(18,19)20;/h2-4,8,10,13-15,21H,5-7,9H2,1H3,(H,22,23);1H. The third-order valence-electron chi connectivity index (χ3n) is 4.74.